The normalized spacial score (nSPS) is 15.5. The zero-order valence-corrected chi connectivity index (χ0v) is 7.94. The van der Waals surface area contributed by atoms with Crippen molar-refractivity contribution in [2.75, 3.05) is 13.2 Å². The molecule has 0 atom stereocenters. The van der Waals surface area contributed by atoms with Gasteiger partial charge in [0.05, 0.1) is 19.3 Å². The largest absolute Gasteiger partial charge is 0.394 e. The molecule has 0 aromatic rings. The second-order valence-electron chi connectivity index (χ2n) is 3.17. The van der Waals surface area contributed by atoms with Gasteiger partial charge in [-0.2, -0.15) is 0 Å². The summed E-state index contributed by atoms with van der Waals surface area (Å²) >= 11 is 0. The molecule has 14 heavy (non-hydrogen) atoms. The topological polar surface area (TPSA) is 69.6 Å². The van der Waals surface area contributed by atoms with Crippen LogP contribution < -0.4 is 5.32 Å². The first-order valence-electron chi connectivity index (χ1n) is 4.67. The van der Waals surface area contributed by atoms with Crippen LogP contribution in [0.25, 0.3) is 0 Å². The first-order chi connectivity index (χ1) is 6.77. The van der Waals surface area contributed by atoms with Crippen molar-refractivity contribution in [1.82, 2.24) is 5.32 Å². The van der Waals surface area contributed by atoms with E-state index < -0.39 is 6.04 Å². The number of allylic oxidation sites excluding steroid dienone is 2. The van der Waals surface area contributed by atoms with E-state index in [2.05, 4.69) is 5.32 Å². The highest BCUT2D eigenvalue weighted by Crippen LogP contribution is 2.09. The Balaban J connectivity index is 2.48. The van der Waals surface area contributed by atoms with Crippen LogP contribution in [0.5, 0.6) is 0 Å². The molecular weight excluding hydrogens is 182 g/mol. The van der Waals surface area contributed by atoms with Gasteiger partial charge in [-0.1, -0.05) is 18.2 Å². The van der Waals surface area contributed by atoms with E-state index in [4.69, 9.17) is 10.2 Å². The van der Waals surface area contributed by atoms with E-state index in [0.29, 0.717) is 5.57 Å². The Morgan fingerprint density at radius 1 is 1.43 bits per heavy atom. The van der Waals surface area contributed by atoms with Gasteiger partial charge < -0.3 is 15.5 Å². The molecule has 1 amide bonds. The molecule has 78 valence electrons. The van der Waals surface area contributed by atoms with E-state index in [1.807, 2.05) is 12.2 Å². The molecule has 0 unspecified atom stereocenters. The molecule has 0 aromatic heterocycles. The van der Waals surface area contributed by atoms with Gasteiger partial charge in [-0.05, 0) is 12.8 Å². The van der Waals surface area contributed by atoms with Crippen LogP contribution in [0, 0.1) is 0 Å². The maximum atomic E-state index is 11.5. The Morgan fingerprint density at radius 3 is 2.64 bits per heavy atom. The second kappa shape index (κ2) is 5.57. The molecule has 0 radical (unpaired) electrons. The summed E-state index contributed by atoms with van der Waals surface area (Å²) in [6.07, 6.45) is 7.36. The van der Waals surface area contributed by atoms with Gasteiger partial charge in [-0.15, -0.1) is 0 Å². The molecule has 0 bridgehead atoms. The molecule has 1 rings (SSSR count). The van der Waals surface area contributed by atoms with Crippen molar-refractivity contribution in [3.63, 3.8) is 0 Å². The van der Waals surface area contributed by atoms with Gasteiger partial charge in [0.2, 0.25) is 0 Å². The summed E-state index contributed by atoms with van der Waals surface area (Å²) in [5, 5.41) is 20.0. The maximum Gasteiger partial charge on any atom is 0.251 e. The van der Waals surface area contributed by atoms with Crippen molar-refractivity contribution in [1.29, 1.82) is 0 Å². The Bertz CT molecular complexity index is 254. The number of nitrogens with one attached hydrogen (secondary N) is 1. The second-order valence-corrected chi connectivity index (χ2v) is 3.17. The van der Waals surface area contributed by atoms with E-state index in [9.17, 15) is 4.79 Å². The van der Waals surface area contributed by atoms with Gasteiger partial charge in [-0.3, -0.25) is 4.79 Å². The van der Waals surface area contributed by atoms with Crippen molar-refractivity contribution in [2.24, 2.45) is 0 Å². The van der Waals surface area contributed by atoms with Crippen molar-refractivity contribution in [3.8, 4) is 0 Å². The number of hydrogen-bond donors (Lipinski definition) is 3. The predicted octanol–water partition coefficient (Wildman–Crippen LogP) is -0.268. The van der Waals surface area contributed by atoms with Crippen LogP contribution in [-0.2, 0) is 4.79 Å². The summed E-state index contributed by atoms with van der Waals surface area (Å²) < 4.78 is 0. The van der Waals surface area contributed by atoms with Crippen LogP contribution in [0.1, 0.15) is 12.8 Å². The minimum atomic E-state index is -0.571. The van der Waals surface area contributed by atoms with Crippen LogP contribution in [0.2, 0.25) is 0 Å². The molecule has 0 fully saturated rings. The summed E-state index contributed by atoms with van der Waals surface area (Å²) in [7, 11) is 0. The van der Waals surface area contributed by atoms with E-state index in [1.54, 1.807) is 6.08 Å². The number of aliphatic hydroxyl groups is 2. The van der Waals surface area contributed by atoms with Crippen molar-refractivity contribution < 1.29 is 15.0 Å². The van der Waals surface area contributed by atoms with Gasteiger partial charge in [-0.25, -0.2) is 0 Å². The van der Waals surface area contributed by atoms with Crippen molar-refractivity contribution in [3.05, 3.63) is 23.8 Å². The fraction of sp³-hybridized carbons (Fsp3) is 0.500. The van der Waals surface area contributed by atoms with Crippen LogP contribution in [0.3, 0.4) is 0 Å². The summed E-state index contributed by atoms with van der Waals surface area (Å²) in [4.78, 5) is 11.5. The molecule has 0 spiro atoms. The molecular formula is C10H15NO3. The number of rotatable bonds is 4. The Labute approximate surface area is 82.9 Å². The molecule has 3 N–H and O–H groups in total. The lowest BCUT2D eigenvalue weighted by Gasteiger charge is -2.14. The average molecular weight is 197 g/mol. The fourth-order valence-corrected chi connectivity index (χ4v) is 1.20. The zero-order chi connectivity index (χ0) is 10.4. The van der Waals surface area contributed by atoms with E-state index in [0.717, 1.165) is 12.8 Å². The number of hydrogen-bond acceptors (Lipinski definition) is 3. The number of carbonyl (C=O) groups is 1. The highest BCUT2D eigenvalue weighted by Gasteiger charge is 2.13. The minimum absolute atomic E-state index is 0.242. The monoisotopic (exact) mass is 197 g/mol. The highest BCUT2D eigenvalue weighted by molar-refractivity contribution is 5.96. The highest BCUT2D eigenvalue weighted by atomic mass is 16.3. The quantitative estimate of drug-likeness (QED) is 0.581. The van der Waals surface area contributed by atoms with Gasteiger partial charge in [0.25, 0.3) is 5.91 Å². The number of amides is 1. The molecule has 0 saturated heterocycles. The molecule has 0 saturated carbocycles. The summed E-state index contributed by atoms with van der Waals surface area (Å²) in [5.74, 6) is -0.242. The average Bonchev–Trinajstić information content (AvgIpc) is 2.26. The lowest BCUT2D eigenvalue weighted by atomic mass is 10.1. The Kier molecular flexibility index (Phi) is 4.35. The molecule has 1 aliphatic carbocycles. The van der Waals surface area contributed by atoms with Gasteiger partial charge in [0, 0.05) is 5.57 Å². The molecule has 0 heterocycles. The smallest absolute Gasteiger partial charge is 0.251 e. The standard InChI is InChI=1S/C10H15NO3/c12-6-9(7-13)11-10(14)8-4-2-1-3-5-8/h2,4-5,9,12-13H,1,3,6-7H2,(H,11,14). The molecule has 0 aromatic carbocycles. The fourth-order valence-electron chi connectivity index (χ4n) is 1.20. The first-order valence-corrected chi connectivity index (χ1v) is 4.67. The van der Waals surface area contributed by atoms with E-state index >= 15 is 0 Å². The van der Waals surface area contributed by atoms with Gasteiger partial charge >= 0.3 is 0 Å². The van der Waals surface area contributed by atoms with Crippen molar-refractivity contribution in [2.45, 2.75) is 18.9 Å². The van der Waals surface area contributed by atoms with Gasteiger partial charge in [0.15, 0.2) is 0 Å². The van der Waals surface area contributed by atoms with Crippen LogP contribution in [-0.4, -0.2) is 35.4 Å². The van der Waals surface area contributed by atoms with Crippen LogP contribution in [0.15, 0.2) is 23.8 Å². The lowest BCUT2D eigenvalue weighted by Crippen LogP contribution is -2.40. The Hall–Kier alpha value is -1.13. The third kappa shape index (κ3) is 2.97. The summed E-state index contributed by atoms with van der Waals surface area (Å²) in [6, 6.07) is -0.571. The Morgan fingerprint density at radius 2 is 2.14 bits per heavy atom. The summed E-state index contributed by atoms with van der Waals surface area (Å²) in [6.45, 7) is -0.502. The van der Waals surface area contributed by atoms with Gasteiger partial charge in [0.1, 0.15) is 0 Å². The third-order valence-corrected chi connectivity index (χ3v) is 2.03. The lowest BCUT2D eigenvalue weighted by molar-refractivity contribution is -0.118. The van der Waals surface area contributed by atoms with Crippen LogP contribution in [0.4, 0.5) is 0 Å². The third-order valence-electron chi connectivity index (χ3n) is 2.03. The minimum Gasteiger partial charge on any atom is -0.394 e. The van der Waals surface area contributed by atoms with Crippen molar-refractivity contribution >= 4 is 5.91 Å². The van der Waals surface area contributed by atoms with E-state index in [-0.39, 0.29) is 19.1 Å². The SMILES string of the molecule is O=C(NC(CO)CO)C1=CCCC=C1. The number of aliphatic hydroxyl groups excluding tert-OH is 2. The zero-order valence-electron chi connectivity index (χ0n) is 7.94. The summed E-state index contributed by atoms with van der Waals surface area (Å²) in [5.41, 5.74) is 0.600. The predicted molar refractivity (Wildman–Crippen MR) is 52.6 cm³/mol. The molecule has 4 heteroatoms. The van der Waals surface area contributed by atoms with E-state index in [1.165, 1.54) is 0 Å². The molecule has 1 aliphatic rings. The first kappa shape index (κ1) is 10.9. The molecule has 4 nitrogen and oxygen atoms in total. The molecule has 0 aliphatic heterocycles. The van der Waals surface area contributed by atoms with Crippen LogP contribution >= 0.6 is 0 Å². The number of carbonyl (C=O) groups excluding carboxylic acids is 1. The maximum absolute atomic E-state index is 11.5.